The Balaban J connectivity index is 0.00000361. The molecule has 0 saturated carbocycles. The summed E-state index contributed by atoms with van der Waals surface area (Å²) in [5, 5.41) is 3.10. The second kappa shape index (κ2) is 10.9. The number of nitrogens with two attached hydrogens (primary N) is 1. The lowest BCUT2D eigenvalue weighted by molar-refractivity contribution is 0.298. The Labute approximate surface area is 139 Å². The number of benzene rings is 1. The Kier molecular flexibility index (Phi) is 10.5. The first kappa shape index (κ1) is 19.2. The van der Waals surface area contributed by atoms with Gasteiger partial charge in [-0.15, -0.1) is 24.0 Å². The molecule has 0 spiro atoms. The predicted molar refractivity (Wildman–Crippen MR) is 97.8 cm³/mol. The van der Waals surface area contributed by atoms with Crippen molar-refractivity contribution < 1.29 is 0 Å². The van der Waals surface area contributed by atoms with Gasteiger partial charge in [-0.1, -0.05) is 37.3 Å². The number of hydrogen-bond donors (Lipinski definition) is 2. The lowest BCUT2D eigenvalue weighted by Gasteiger charge is -2.23. The minimum absolute atomic E-state index is 0. The molecule has 0 radical (unpaired) electrons. The molecule has 0 amide bonds. The van der Waals surface area contributed by atoms with Crippen molar-refractivity contribution in [2.75, 3.05) is 27.2 Å². The third-order valence-corrected chi connectivity index (χ3v) is 3.07. The summed E-state index contributed by atoms with van der Waals surface area (Å²) in [5.41, 5.74) is 7.15. The maximum Gasteiger partial charge on any atom is 0.188 e. The van der Waals surface area contributed by atoms with Crippen LogP contribution in [0.5, 0.6) is 0 Å². The molecule has 0 heterocycles. The normalized spacial score (nSPS) is 12.9. The number of aliphatic imine (C=N–C) groups is 1. The van der Waals surface area contributed by atoms with Gasteiger partial charge in [-0.05, 0) is 32.5 Å². The number of rotatable bonds is 7. The van der Waals surface area contributed by atoms with Gasteiger partial charge in [0.2, 0.25) is 0 Å². The molecule has 1 aromatic rings. The van der Waals surface area contributed by atoms with Crippen molar-refractivity contribution in [3.8, 4) is 0 Å². The zero-order valence-corrected chi connectivity index (χ0v) is 15.0. The van der Waals surface area contributed by atoms with Gasteiger partial charge in [0.05, 0.1) is 6.54 Å². The van der Waals surface area contributed by atoms with Crippen LogP contribution in [0.1, 0.15) is 18.9 Å². The predicted octanol–water partition coefficient (Wildman–Crippen LogP) is 2.09. The highest BCUT2D eigenvalue weighted by atomic mass is 127. The van der Waals surface area contributed by atoms with Crippen LogP contribution in [0, 0.1) is 0 Å². The van der Waals surface area contributed by atoms with Crippen LogP contribution in [0.3, 0.4) is 0 Å². The maximum atomic E-state index is 5.82. The maximum absolute atomic E-state index is 5.82. The molecule has 0 bridgehead atoms. The molecule has 1 atom stereocenters. The molecule has 1 unspecified atom stereocenters. The van der Waals surface area contributed by atoms with Crippen LogP contribution >= 0.6 is 24.0 Å². The smallest absolute Gasteiger partial charge is 0.188 e. The van der Waals surface area contributed by atoms with Crippen molar-refractivity contribution in [1.82, 2.24) is 10.2 Å². The molecule has 20 heavy (non-hydrogen) atoms. The largest absolute Gasteiger partial charge is 0.370 e. The molecule has 4 nitrogen and oxygen atoms in total. The van der Waals surface area contributed by atoms with E-state index in [4.69, 9.17) is 5.73 Å². The minimum Gasteiger partial charge on any atom is -0.370 e. The van der Waals surface area contributed by atoms with E-state index in [1.54, 1.807) is 0 Å². The fourth-order valence-electron chi connectivity index (χ4n) is 1.81. The molecule has 1 rings (SSSR count). The van der Waals surface area contributed by atoms with Crippen LogP contribution < -0.4 is 11.1 Å². The van der Waals surface area contributed by atoms with Crippen molar-refractivity contribution in [1.29, 1.82) is 0 Å². The molecular weight excluding hydrogens is 363 g/mol. The first-order valence-corrected chi connectivity index (χ1v) is 6.87. The number of nitrogens with one attached hydrogen (secondary N) is 1. The first-order valence-electron chi connectivity index (χ1n) is 6.87. The van der Waals surface area contributed by atoms with Gasteiger partial charge >= 0.3 is 0 Å². The van der Waals surface area contributed by atoms with Crippen LogP contribution in [0.2, 0.25) is 0 Å². The molecule has 5 heteroatoms. The summed E-state index contributed by atoms with van der Waals surface area (Å²) >= 11 is 0. The topological polar surface area (TPSA) is 53.6 Å². The fourth-order valence-corrected chi connectivity index (χ4v) is 1.81. The second-order valence-corrected chi connectivity index (χ2v) is 4.96. The van der Waals surface area contributed by atoms with E-state index in [0.29, 0.717) is 18.5 Å². The van der Waals surface area contributed by atoms with Gasteiger partial charge in [-0.2, -0.15) is 0 Å². The summed E-state index contributed by atoms with van der Waals surface area (Å²) in [6.45, 7) is 3.70. The molecule has 0 aliphatic rings. The molecule has 0 saturated heterocycles. The van der Waals surface area contributed by atoms with Gasteiger partial charge in [0.1, 0.15) is 0 Å². The fraction of sp³-hybridized carbons (Fsp3) is 0.533. The van der Waals surface area contributed by atoms with Crippen LogP contribution in [-0.4, -0.2) is 44.1 Å². The number of halogens is 1. The van der Waals surface area contributed by atoms with Crippen LogP contribution in [0.25, 0.3) is 0 Å². The monoisotopic (exact) mass is 390 g/mol. The molecular formula is C15H27IN4. The molecule has 0 aliphatic carbocycles. The van der Waals surface area contributed by atoms with Crippen LogP contribution in [-0.2, 0) is 6.42 Å². The zero-order valence-electron chi connectivity index (χ0n) is 12.7. The van der Waals surface area contributed by atoms with E-state index in [1.165, 1.54) is 5.56 Å². The summed E-state index contributed by atoms with van der Waals surface area (Å²) in [6.07, 6.45) is 2.04. The van der Waals surface area contributed by atoms with Crippen molar-refractivity contribution in [2.45, 2.75) is 25.8 Å². The van der Waals surface area contributed by atoms with E-state index in [-0.39, 0.29) is 24.0 Å². The molecule has 0 aliphatic heterocycles. The summed E-state index contributed by atoms with van der Waals surface area (Å²) < 4.78 is 0. The number of likely N-dealkylation sites (N-methyl/N-ethyl adjacent to an activating group) is 1. The van der Waals surface area contributed by atoms with E-state index in [0.717, 1.165) is 19.4 Å². The van der Waals surface area contributed by atoms with Gasteiger partial charge < -0.3 is 16.0 Å². The van der Waals surface area contributed by atoms with Gasteiger partial charge in [-0.25, -0.2) is 0 Å². The average Bonchev–Trinajstić information content (AvgIpc) is 2.41. The quantitative estimate of drug-likeness (QED) is 0.426. The Bertz CT molecular complexity index is 379. The standard InChI is InChI=1S/C15H26N4.HI/c1-4-10-17-15(16)18-12-14(19(2)3)11-13-8-6-5-7-9-13;/h5-9,14H,4,10-12H2,1-3H3,(H3,16,17,18);1H. The Morgan fingerprint density at radius 3 is 2.50 bits per heavy atom. The molecule has 114 valence electrons. The molecule has 3 N–H and O–H groups in total. The summed E-state index contributed by atoms with van der Waals surface area (Å²) in [5.74, 6) is 0.543. The highest BCUT2D eigenvalue weighted by molar-refractivity contribution is 14.0. The van der Waals surface area contributed by atoms with Crippen molar-refractivity contribution in [3.63, 3.8) is 0 Å². The second-order valence-electron chi connectivity index (χ2n) is 4.96. The summed E-state index contributed by atoms with van der Waals surface area (Å²) in [4.78, 5) is 6.62. The number of guanidine groups is 1. The minimum atomic E-state index is 0. The molecule has 1 aromatic carbocycles. The molecule has 0 fully saturated rings. The van der Waals surface area contributed by atoms with Crippen LogP contribution in [0.15, 0.2) is 35.3 Å². The van der Waals surface area contributed by atoms with E-state index >= 15 is 0 Å². The van der Waals surface area contributed by atoms with E-state index in [9.17, 15) is 0 Å². The third-order valence-electron chi connectivity index (χ3n) is 3.07. The van der Waals surface area contributed by atoms with Crippen molar-refractivity contribution in [3.05, 3.63) is 35.9 Å². The summed E-state index contributed by atoms with van der Waals surface area (Å²) in [6, 6.07) is 10.9. The Morgan fingerprint density at radius 1 is 1.30 bits per heavy atom. The van der Waals surface area contributed by atoms with Crippen LogP contribution in [0.4, 0.5) is 0 Å². The SMILES string of the molecule is CCCNC(N)=NCC(Cc1ccccc1)N(C)C.I. The Morgan fingerprint density at radius 2 is 1.95 bits per heavy atom. The molecule has 0 aromatic heterocycles. The number of nitrogens with zero attached hydrogens (tertiary/aromatic N) is 2. The summed E-state index contributed by atoms with van der Waals surface area (Å²) in [7, 11) is 4.16. The van der Waals surface area contributed by atoms with Gasteiger partial charge in [0.25, 0.3) is 0 Å². The van der Waals surface area contributed by atoms with E-state index in [2.05, 4.69) is 60.5 Å². The third kappa shape index (κ3) is 7.69. The highest BCUT2D eigenvalue weighted by Gasteiger charge is 2.11. The van der Waals surface area contributed by atoms with Gasteiger partial charge in [-0.3, -0.25) is 4.99 Å². The highest BCUT2D eigenvalue weighted by Crippen LogP contribution is 2.07. The lowest BCUT2D eigenvalue weighted by Crippen LogP contribution is -2.37. The van der Waals surface area contributed by atoms with Gasteiger partial charge in [0, 0.05) is 12.6 Å². The Hall–Kier alpha value is -0.820. The van der Waals surface area contributed by atoms with Gasteiger partial charge in [0.15, 0.2) is 5.96 Å². The van der Waals surface area contributed by atoms with Crippen molar-refractivity contribution in [2.24, 2.45) is 10.7 Å². The zero-order chi connectivity index (χ0) is 14.1. The van der Waals surface area contributed by atoms with Crippen molar-refractivity contribution >= 4 is 29.9 Å². The van der Waals surface area contributed by atoms with E-state index in [1.807, 2.05) is 6.07 Å². The first-order chi connectivity index (χ1) is 9.13. The van der Waals surface area contributed by atoms with E-state index < -0.39 is 0 Å². The number of hydrogen-bond acceptors (Lipinski definition) is 2. The lowest BCUT2D eigenvalue weighted by atomic mass is 10.1. The average molecular weight is 390 g/mol.